The first kappa shape index (κ1) is 22.9. The molecule has 1 aliphatic rings. The summed E-state index contributed by atoms with van der Waals surface area (Å²) >= 11 is 0. The number of nitrogens with one attached hydrogen (secondary N) is 1. The first-order chi connectivity index (χ1) is 14.3. The van der Waals surface area contributed by atoms with Crippen molar-refractivity contribution < 1.29 is 8.42 Å². The van der Waals surface area contributed by atoms with Crippen LogP contribution in [-0.4, -0.2) is 14.2 Å². The molecule has 164 valence electrons. The molecule has 1 fully saturated rings. The lowest BCUT2D eigenvalue weighted by molar-refractivity contribution is 0.159. The summed E-state index contributed by atoms with van der Waals surface area (Å²) in [5.41, 5.74) is 3.49. The Bertz CT molecular complexity index is 910. The Hall–Kier alpha value is -1.81. The van der Waals surface area contributed by atoms with Crippen molar-refractivity contribution in [3.8, 4) is 0 Å². The average Bonchev–Trinajstić information content (AvgIpc) is 2.71. The molecule has 3 unspecified atom stereocenters. The van der Waals surface area contributed by atoms with Gasteiger partial charge in [-0.15, -0.1) is 0 Å². The van der Waals surface area contributed by atoms with Crippen LogP contribution in [0.15, 0.2) is 54.6 Å². The molecule has 3 nitrogen and oxygen atoms in total. The Morgan fingerprint density at radius 3 is 2.57 bits per heavy atom. The largest absolute Gasteiger partial charge is 0.284 e. The van der Waals surface area contributed by atoms with E-state index in [1.807, 2.05) is 19.1 Å². The highest BCUT2D eigenvalue weighted by atomic mass is 32.2. The van der Waals surface area contributed by atoms with Crippen LogP contribution in [0.2, 0.25) is 0 Å². The molecule has 3 atom stereocenters. The maximum absolute atomic E-state index is 12.2. The van der Waals surface area contributed by atoms with E-state index in [2.05, 4.69) is 61.0 Å². The van der Waals surface area contributed by atoms with E-state index in [9.17, 15) is 8.42 Å². The maximum Gasteiger partial charge on any atom is 0.232 e. The van der Waals surface area contributed by atoms with E-state index in [0.29, 0.717) is 18.0 Å². The number of anilines is 1. The maximum atomic E-state index is 12.2. The molecule has 0 bridgehead atoms. The van der Waals surface area contributed by atoms with Crippen LogP contribution in [0, 0.1) is 11.8 Å². The van der Waals surface area contributed by atoms with Crippen molar-refractivity contribution in [2.75, 3.05) is 10.5 Å². The van der Waals surface area contributed by atoms with E-state index in [1.54, 1.807) is 0 Å². The minimum Gasteiger partial charge on any atom is -0.284 e. The molecule has 1 saturated carbocycles. The molecule has 3 rings (SSSR count). The van der Waals surface area contributed by atoms with Crippen LogP contribution in [0.5, 0.6) is 0 Å². The predicted molar refractivity (Wildman–Crippen MR) is 127 cm³/mol. The number of aryl methyl sites for hydroxylation is 1. The quantitative estimate of drug-likeness (QED) is 0.493. The van der Waals surface area contributed by atoms with E-state index in [4.69, 9.17) is 0 Å². The van der Waals surface area contributed by atoms with Crippen LogP contribution in [0.4, 0.5) is 5.69 Å². The molecule has 1 N–H and O–H groups in total. The van der Waals surface area contributed by atoms with Gasteiger partial charge in [0.2, 0.25) is 10.0 Å². The first-order valence-corrected chi connectivity index (χ1v) is 13.1. The monoisotopic (exact) mass is 427 g/mol. The summed E-state index contributed by atoms with van der Waals surface area (Å²) in [5.74, 6) is 1.54. The Kier molecular flexibility index (Phi) is 7.62. The number of sulfonamides is 1. The Balaban J connectivity index is 1.60. The summed E-state index contributed by atoms with van der Waals surface area (Å²) < 4.78 is 27.1. The third-order valence-corrected chi connectivity index (χ3v) is 8.53. The summed E-state index contributed by atoms with van der Waals surface area (Å²) in [4.78, 5) is 0. The Labute approximate surface area is 183 Å². The summed E-state index contributed by atoms with van der Waals surface area (Å²) in [7, 11) is -3.26. The zero-order valence-corrected chi connectivity index (χ0v) is 19.5. The second-order valence-electron chi connectivity index (χ2n) is 9.34. The van der Waals surface area contributed by atoms with Crippen molar-refractivity contribution in [3.05, 3.63) is 65.7 Å². The zero-order chi connectivity index (χ0) is 21.6. The Morgan fingerprint density at radius 1 is 1.10 bits per heavy atom. The van der Waals surface area contributed by atoms with Crippen LogP contribution in [0.1, 0.15) is 70.4 Å². The molecule has 0 aromatic heterocycles. The third kappa shape index (κ3) is 5.87. The highest BCUT2D eigenvalue weighted by Gasteiger charge is 2.38. The van der Waals surface area contributed by atoms with E-state index in [0.717, 1.165) is 12.3 Å². The lowest BCUT2D eigenvalue weighted by Gasteiger charge is -2.44. The molecule has 1 aliphatic carbocycles. The summed E-state index contributed by atoms with van der Waals surface area (Å²) in [6.45, 7) is 6.62. The van der Waals surface area contributed by atoms with Crippen molar-refractivity contribution in [3.63, 3.8) is 0 Å². The molecule has 0 spiro atoms. The summed E-state index contributed by atoms with van der Waals surface area (Å²) in [5, 5.41) is 0. The highest BCUT2D eigenvalue weighted by molar-refractivity contribution is 7.92. The van der Waals surface area contributed by atoms with Crippen LogP contribution < -0.4 is 4.72 Å². The standard InChI is InChI=1S/C26H37NO2S/c1-4-18-30(28,29)27-25-15-9-14-24(20-25)26(3)17-16-23(19-21(26)2)13-8-12-22-10-6-5-7-11-22/h5-7,9-11,14-15,20-21,23,27H,4,8,12-13,16-19H2,1-3H3. The van der Waals surface area contributed by atoms with Gasteiger partial charge in [0.1, 0.15) is 0 Å². The highest BCUT2D eigenvalue weighted by Crippen LogP contribution is 2.47. The van der Waals surface area contributed by atoms with E-state index < -0.39 is 10.0 Å². The van der Waals surface area contributed by atoms with Gasteiger partial charge in [-0.25, -0.2) is 8.42 Å². The average molecular weight is 428 g/mol. The van der Waals surface area contributed by atoms with Gasteiger partial charge < -0.3 is 0 Å². The van der Waals surface area contributed by atoms with Crippen LogP contribution >= 0.6 is 0 Å². The van der Waals surface area contributed by atoms with Crippen LogP contribution in [0.25, 0.3) is 0 Å². The first-order valence-electron chi connectivity index (χ1n) is 11.5. The van der Waals surface area contributed by atoms with Crippen LogP contribution in [-0.2, 0) is 21.9 Å². The van der Waals surface area contributed by atoms with Crippen LogP contribution in [0.3, 0.4) is 0 Å². The zero-order valence-electron chi connectivity index (χ0n) is 18.7. The molecule has 2 aromatic carbocycles. The Morgan fingerprint density at radius 2 is 1.87 bits per heavy atom. The van der Waals surface area contributed by atoms with Gasteiger partial charge in [0.05, 0.1) is 5.75 Å². The van der Waals surface area contributed by atoms with Gasteiger partial charge >= 0.3 is 0 Å². The summed E-state index contributed by atoms with van der Waals surface area (Å²) in [6.07, 6.45) is 8.01. The van der Waals surface area contributed by atoms with Crippen molar-refractivity contribution in [2.45, 2.75) is 71.1 Å². The van der Waals surface area contributed by atoms with Gasteiger partial charge in [-0.05, 0) is 79.0 Å². The fourth-order valence-corrected chi connectivity index (χ4v) is 6.12. The lowest BCUT2D eigenvalue weighted by Crippen LogP contribution is -2.36. The fourth-order valence-electron chi connectivity index (χ4n) is 5.00. The molecule has 0 heterocycles. The van der Waals surface area contributed by atoms with Gasteiger partial charge in [-0.3, -0.25) is 4.72 Å². The second kappa shape index (κ2) is 10.00. The van der Waals surface area contributed by atoms with Crippen molar-refractivity contribution >= 4 is 15.7 Å². The van der Waals surface area contributed by atoms with Gasteiger partial charge in [0.15, 0.2) is 0 Å². The van der Waals surface area contributed by atoms with Gasteiger partial charge in [0.25, 0.3) is 0 Å². The minimum absolute atomic E-state index is 0.0993. The number of benzene rings is 2. The van der Waals surface area contributed by atoms with E-state index >= 15 is 0 Å². The summed E-state index contributed by atoms with van der Waals surface area (Å²) in [6, 6.07) is 18.9. The van der Waals surface area contributed by atoms with Crippen molar-refractivity contribution in [2.24, 2.45) is 11.8 Å². The topological polar surface area (TPSA) is 46.2 Å². The number of hydrogen-bond donors (Lipinski definition) is 1. The van der Waals surface area contributed by atoms with Gasteiger partial charge in [-0.2, -0.15) is 0 Å². The molecule has 0 radical (unpaired) electrons. The molecular formula is C26H37NO2S. The molecule has 0 aliphatic heterocycles. The van der Waals surface area contributed by atoms with Crippen molar-refractivity contribution in [1.29, 1.82) is 0 Å². The predicted octanol–water partition coefficient (Wildman–Crippen LogP) is 6.56. The molecule has 2 aromatic rings. The minimum atomic E-state index is -3.26. The molecule has 0 saturated heterocycles. The molecule has 0 amide bonds. The number of hydrogen-bond acceptors (Lipinski definition) is 2. The van der Waals surface area contributed by atoms with Crippen molar-refractivity contribution in [1.82, 2.24) is 0 Å². The fraction of sp³-hybridized carbons (Fsp3) is 0.538. The van der Waals surface area contributed by atoms with E-state index in [1.165, 1.54) is 43.2 Å². The van der Waals surface area contributed by atoms with Gasteiger partial charge in [0, 0.05) is 5.69 Å². The van der Waals surface area contributed by atoms with Gasteiger partial charge in [-0.1, -0.05) is 69.7 Å². The third-order valence-electron chi connectivity index (χ3n) is 7.04. The van der Waals surface area contributed by atoms with E-state index in [-0.39, 0.29) is 11.2 Å². The lowest BCUT2D eigenvalue weighted by atomic mass is 9.61. The molecule has 4 heteroatoms. The second-order valence-corrected chi connectivity index (χ2v) is 11.2. The smallest absolute Gasteiger partial charge is 0.232 e. The molecular weight excluding hydrogens is 390 g/mol. The number of rotatable bonds is 9. The normalized spacial score (nSPS) is 24.5. The SMILES string of the molecule is CCCS(=O)(=O)Nc1cccc(C2(C)CCC(CCCc3ccccc3)CC2C)c1. The molecule has 30 heavy (non-hydrogen) atoms.